The molecule has 1 aliphatic heterocycles. The largest absolute Gasteiger partial charge is 0.352 e. The maximum atomic E-state index is 12.2. The number of amides is 1. The van der Waals surface area contributed by atoms with E-state index in [1.54, 1.807) is 0 Å². The average molecular weight is 419 g/mol. The molecule has 0 aliphatic carbocycles. The van der Waals surface area contributed by atoms with Crippen molar-refractivity contribution in [2.24, 2.45) is 11.8 Å². The number of aromatic nitrogens is 2. The number of aryl methyl sites for hydroxylation is 1. The van der Waals surface area contributed by atoms with Gasteiger partial charge in [0.25, 0.3) is 0 Å². The Kier molecular flexibility index (Phi) is 7.03. The van der Waals surface area contributed by atoms with Gasteiger partial charge in [0.15, 0.2) is 0 Å². The fraction of sp³-hybridized carbons (Fsp3) is 0.462. The lowest BCUT2D eigenvalue weighted by Crippen LogP contribution is -2.38. The smallest absolute Gasteiger partial charge is 0.220 e. The van der Waals surface area contributed by atoms with E-state index in [9.17, 15) is 4.79 Å². The zero-order chi connectivity index (χ0) is 21.6. The highest BCUT2D eigenvalue weighted by Crippen LogP contribution is 2.22. The van der Waals surface area contributed by atoms with Crippen LogP contribution in [-0.4, -0.2) is 33.9 Å². The maximum absolute atomic E-state index is 12.2. The number of imidazole rings is 1. The molecule has 3 aromatic rings. The van der Waals surface area contributed by atoms with E-state index in [0.717, 1.165) is 53.6 Å². The minimum absolute atomic E-state index is 0.0940. The van der Waals surface area contributed by atoms with Crippen LogP contribution >= 0.6 is 0 Å². The number of likely N-dealkylation sites (tertiary alicyclic amines) is 1. The number of carbonyl (C=O) groups is 1. The second-order valence-electron chi connectivity index (χ2n) is 9.29. The zero-order valence-corrected chi connectivity index (χ0v) is 18.7. The van der Waals surface area contributed by atoms with E-state index in [1.807, 2.05) is 24.3 Å². The van der Waals surface area contributed by atoms with Crippen LogP contribution in [0.5, 0.6) is 0 Å². The number of rotatable bonds is 8. The molecule has 2 atom stereocenters. The van der Waals surface area contributed by atoms with Crippen molar-refractivity contribution in [2.45, 2.75) is 52.6 Å². The summed E-state index contributed by atoms with van der Waals surface area (Å²) in [5.74, 6) is 2.61. The first-order valence-electron chi connectivity index (χ1n) is 11.6. The van der Waals surface area contributed by atoms with Crippen molar-refractivity contribution >= 4 is 16.9 Å². The van der Waals surface area contributed by atoms with Crippen molar-refractivity contribution in [3.63, 3.8) is 0 Å². The summed E-state index contributed by atoms with van der Waals surface area (Å²) in [5, 5.41) is 3.04. The molecule has 2 aromatic carbocycles. The van der Waals surface area contributed by atoms with E-state index in [1.165, 1.54) is 25.1 Å². The summed E-state index contributed by atoms with van der Waals surface area (Å²) < 4.78 is 0. The number of hydrogen-bond acceptors (Lipinski definition) is 3. The zero-order valence-electron chi connectivity index (χ0n) is 18.7. The first kappa shape index (κ1) is 21.6. The van der Waals surface area contributed by atoms with Crippen molar-refractivity contribution in [3.05, 3.63) is 65.5 Å². The van der Waals surface area contributed by atoms with Gasteiger partial charge in [-0.25, -0.2) is 4.98 Å². The quantitative estimate of drug-likeness (QED) is 0.558. The molecule has 5 heteroatoms. The minimum Gasteiger partial charge on any atom is -0.352 e. The highest BCUT2D eigenvalue weighted by molar-refractivity contribution is 5.76. The van der Waals surface area contributed by atoms with Crippen LogP contribution in [0.4, 0.5) is 0 Å². The highest BCUT2D eigenvalue weighted by atomic mass is 16.1. The Balaban J connectivity index is 1.17. The third kappa shape index (κ3) is 6.17. The summed E-state index contributed by atoms with van der Waals surface area (Å²) in [5.41, 5.74) is 4.53. The molecule has 1 aliphatic rings. The van der Waals surface area contributed by atoms with E-state index in [2.05, 4.69) is 58.3 Å². The lowest BCUT2D eigenvalue weighted by atomic mass is 9.91. The van der Waals surface area contributed by atoms with Crippen LogP contribution in [0.3, 0.4) is 0 Å². The Hall–Kier alpha value is -2.66. The van der Waals surface area contributed by atoms with Crippen LogP contribution in [0, 0.1) is 11.8 Å². The molecule has 1 aromatic heterocycles. The standard InChI is InChI=1S/C26H34N4O/c1-19-14-20(2)17-30(16-19)18-22-12-10-21(11-13-22)15-27-26(31)9-5-8-25-28-23-6-3-4-7-24(23)29-25/h3-4,6-7,10-13,19-20H,5,8-9,14-18H2,1-2H3,(H,27,31)(H,28,29)/t19-,20-/m1/s1. The Bertz CT molecular complexity index is 951. The van der Waals surface area contributed by atoms with Gasteiger partial charge >= 0.3 is 0 Å². The average Bonchev–Trinajstić information content (AvgIpc) is 3.15. The van der Waals surface area contributed by atoms with Crippen molar-refractivity contribution in [1.82, 2.24) is 20.2 Å². The number of H-pyrrole nitrogens is 1. The summed E-state index contributed by atoms with van der Waals surface area (Å²) in [4.78, 5) is 22.7. The van der Waals surface area contributed by atoms with Gasteiger partial charge in [0.05, 0.1) is 11.0 Å². The van der Waals surface area contributed by atoms with Gasteiger partial charge in [0.2, 0.25) is 5.91 Å². The number of fused-ring (bicyclic) bond motifs is 1. The van der Waals surface area contributed by atoms with Gasteiger partial charge in [-0.15, -0.1) is 0 Å². The van der Waals surface area contributed by atoms with E-state index in [-0.39, 0.29) is 5.91 Å². The molecule has 1 saturated heterocycles. The van der Waals surface area contributed by atoms with Crippen molar-refractivity contribution in [1.29, 1.82) is 0 Å². The van der Waals surface area contributed by atoms with Gasteiger partial charge in [-0.3, -0.25) is 9.69 Å². The van der Waals surface area contributed by atoms with E-state index < -0.39 is 0 Å². The van der Waals surface area contributed by atoms with Crippen molar-refractivity contribution in [2.75, 3.05) is 13.1 Å². The van der Waals surface area contributed by atoms with Crippen LogP contribution < -0.4 is 5.32 Å². The second kappa shape index (κ2) is 10.1. The molecule has 164 valence electrons. The number of carbonyl (C=O) groups excluding carboxylic acids is 1. The van der Waals surface area contributed by atoms with Crippen molar-refractivity contribution < 1.29 is 4.79 Å². The minimum atomic E-state index is 0.0940. The van der Waals surface area contributed by atoms with Gasteiger partial charge in [-0.05, 0) is 47.9 Å². The van der Waals surface area contributed by atoms with Gasteiger partial charge < -0.3 is 10.3 Å². The summed E-state index contributed by atoms with van der Waals surface area (Å²) in [7, 11) is 0. The molecule has 2 N–H and O–H groups in total. The van der Waals surface area contributed by atoms with E-state index in [4.69, 9.17) is 0 Å². The topological polar surface area (TPSA) is 61.0 Å². The third-order valence-electron chi connectivity index (χ3n) is 6.12. The normalized spacial score (nSPS) is 19.5. The highest BCUT2D eigenvalue weighted by Gasteiger charge is 2.21. The summed E-state index contributed by atoms with van der Waals surface area (Å²) in [6.45, 7) is 8.69. The fourth-order valence-corrected chi connectivity index (χ4v) is 4.77. The summed E-state index contributed by atoms with van der Waals surface area (Å²) in [6.07, 6.45) is 3.43. The third-order valence-corrected chi connectivity index (χ3v) is 6.12. The van der Waals surface area contributed by atoms with Crippen LogP contribution in [0.25, 0.3) is 11.0 Å². The molecular weight excluding hydrogens is 384 g/mol. The predicted molar refractivity (Wildman–Crippen MR) is 126 cm³/mol. The van der Waals surface area contributed by atoms with Crippen LogP contribution in [-0.2, 0) is 24.3 Å². The Morgan fingerprint density at radius 1 is 1.06 bits per heavy atom. The van der Waals surface area contributed by atoms with Crippen LogP contribution in [0.1, 0.15) is 50.1 Å². The van der Waals surface area contributed by atoms with Crippen molar-refractivity contribution in [3.8, 4) is 0 Å². The molecule has 5 nitrogen and oxygen atoms in total. The molecular formula is C26H34N4O. The molecule has 0 unspecified atom stereocenters. The number of piperidine rings is 1. The molecule has 1 amide bonds. The Labute approximate surface area is 185 Å². The summed E-state index contributed by atoms with van der Waals surface area (Å²) >= 11 is 0. The van der Waals surface area contributed by atoms with Crippen LogP contribution in [0.15, 0.2) is 48.5 Å². The SMILES string of the molecule is C[C@@H]1C[C@@H](C)CN(Cc2ccc(CNC(=O)CCCc3nc4ccccc4[nH]3)cc2)C1. The van der Waals surface area contributed by atoms with E-state index >= 15 is 0 Å². The monoisotopic (exact) mass is 418 g/mol. The molecule has 4 rings (SSSR count). The molecule has 0 spiro atoms. The number of aromatic amines is 1. The molecule has 1 fully saturated rings. The number of benzene rings is 2. The molecule has 0 radical (unpaired) electrons. The molecule has 0 saturated carbocycles. The molecule has 0 bridgehead atoms. The van der Waals surface area contributed by atoms with Gasteiger partial charge in [-0.1, -0.05) is 50.2 Å². The molecule has 31 heavy (non-hydrogen) atoms. The Morgan fingerprint density at radius 2 is 1.77 bits per heavy atom. The summed E-state index contributed by atoms with van der Waals surface area (Å²) in [6, 6.07) is 16.7. The fourth-order valence-electron chi connectivity index (χ4n) is 4.77. The first-order chi connectivity index (χ1) is 15.0. The van der Waals surface area contributed by atoms with Crippen LogP contribution in [0.2, 0.25) is 0 Å². The molecule has 2 heterocycles. The second-order valence-corrected chi connectivity index (χ2v) is 9.29. The predicted octanol–water partition coefficient (Wildman–Crippen LogP) is 4.68. The number of para-hydroxylation sites is 2. The number of nitrogens with one attached hydrogen (secondary N) is 2. The van der Waals surface area contributed by atoms with Gasteiger partial charge in [0.1, 0.15) is 5.82 Å². The lowest BCUT2D eigenvalue weighted by molar-refractivity contribution is -0.121. The lowest BCUT2D eigenvalue weighted by Gasteiger charge is -2.35. The van der Waals surface area contributed by atoms with Gasteiger partial charge in [0, 0.05) is 39.0 Å². The van der Waals surface area contributed by atoms with Gasteiger partial charge in [-0.2, -0.15) is 0 Å². The maximum Gasteiger partial charge on any atom is 0.220 e. The first-order valence-corrected chi connectivity index (χ1v) is 11.6. The Morgan fingerprint density at radius 3 is 2.52 bits per heavy atom. The number of nitrogens with zero attached hydrogens (tertiary/aromatic N) is 2. The number of hydrogen-bond donors (Lipinski definition) is 2. The van der Waals surface area contributed by atoms with E-state index in [0.29, 0.717) is 13.0 Å².